The van der Waals surface area contributed by atoms with Crippen LogP contribution in [0.1, 0.15) is 67.9 Å². The average molecular weight is 606 g/mol. The summed E-state index contributed by atoms with van der Waals surface area (Å²) in [5, 5.41) is 12.5. The molecule has 0 aliphatic rings. The maximum absolute atomic E-state index is 13.0. The summed E-state index contributed by atoms with van der Waals surface area (Å²) < 4.78 is 10.4. The van der Waals surface area contributed by atoms with E-state index in [2.05, 4.69) is 26.6 Å². The molecule has 0 fully saturated rings. The fraction of sp³-hybridized carbons (Fsp3) is 0.600. The Labute approximate surface area is 253 Å². The normalized spacial score (nSPS) is 14.0. The van der Waals surface area contributed by atoms with Crippen LogP contribution in [0.15, 0.2) is 30.3 Å². The number of alkyl carbamates (subject to hydrolysis) is 1. The molecule has 5 amide bonds. The van der Waals surface area contributed by atoms with Gasteiger partial charge >= 0.3 is 12.1 Å². The van der Waals surface area contributed by atoms with E-state index in [-0.39, 0.29) is 25.0 Å². The van der Waals surface area contributed by atoms with Crippen molar-refractivity contribution in [1.82, 2.24) is 26.6 Å². The number of hydrogen-bond acceptors (Lipinski definition) is 8. The van der Waals surface area contributed by atoms with Crippen molar-refractivity contribution in [2.45, 2.75) is 85.6 Å². The molecule has 0 radical (unpaired) electrons. The summed E-state index contributed by atoms with van der Waals surface area (Å²) in [6, 6.07) is 9.05. The van der Waals surface area contributed by atoms with Gasteiger partial charge in [0.25, 0.3) is 0 Å². The lowest BCUT2D eigenvalue weighted by Gasteiger charge is -2.33. The zero-order valence-corrected chi connectivity index (χ0v) is 26.6. The summed E-state index contributed by atoms with van der Waals surface area (Å²) in [6.07, 6.45) is -0.792. The van der Waals surface area contributed by atoms with Gasteiger partial charge in [-0.1, -0.05) is 58.0 Å². The fourth-order valence-electron chi connectivity index (χ4n) is 3.53. The predicted octanol–water partition coefficient (Wildman–Crippen LogP) is 1.55. The first-order valence-corrected chi connectivity index (χ1v) is 14.1. The number of benzene rings is 1. The van der Waals surface area contributed by atoms with Crippen LogP contribution in [0.3, 0.4) is 0 Å². The van der Waals surface area contributed by atoms with E-state index < -0.39 is 65.5 Å². The molecule has 0 bridgehead atoms. The van der Waals surface area contributed by atoms with Gasteiger partial charge in [0.2, 0.25) is 23.6 Å². The molecule has 13 nitrogen and oxygen atoms in total. The van der Waals surface area contributed by atoms with Gasteiger partial charge in [0.05, 0.1) is 13.1 Å². The first-order valence-electron chi connectivity index (χ1n) is 14.1. The molecule has 0 aliphatic heterocycles. The SMILES string of the molecule is CC(C)[C@](C)(NC(=O)CNC(=O)CNC(=O)[C@@](C)(NC(=O)OCc1ccccc1)C(C)C)C(=O)NCC(=O)OC(C)(C)C. The van der Waals surface area contributed by atoms with Crippen LogP contribution in [0.2, 0.25) is 0 Å². The second-order valence-corrected chi connectivity index (χ2v) is 12.2. The standard InChI is InChI=1S/C30H47N5O8/c1-19(2)29(8,25(39)33-17-24(38)43-28(5,6)7)34-23(37)16-31-22(36)15-32-26(40)30(9,20(3)4)35-27(41)42-18-21-13-11-10-12-14-21/h10-14,19-20H,15-18H2,1-9H3,(H,31,36)(H,32,40)(H,33,39)(H,34,37)(H,35,41)/t29-,30-/m0/s1. The van der Waals surface area contributed by atoms with Crippen molar-refractivity contribution in [2.75, 3.05) is 19.6 Å². The second kappa shape index (κ2) is 15.9. The quantitative estimate of drug-likeness (QED) is 0.198. The van der Waals surface area contributed by atoms with Crippen LogP contribution in [-0.2, 0) is 40.1 Å². The molecule has 0 aliphatic carbocycles. The topological polar surface area (TPSA) is 181 Å². The highest BCUT2D eigenvalue weighted by atomic mass is 16.6. The molecule has 0 aromatic heterocycles. The highest BCUT2D eigenvalue weighted by Gasteiger charge is 2.40. The number of hydrogen-bond donors (Lipinski definition) is 5. The van der Waals surface area contributed by atoms with Crippen LogP contribution < -0.4 is 26.6 Å². The second-order valence-electron chi connectivity index (χ2n) is 12.2. The highest BCUT2D eigenvalue weighted by molar-refractivity contribution is 5.95. The van der Waals surface area contributed by atoms with E-state index in [1.54, 1.807) is 60.6 Å². The number of ether oxygens (including phenoxy) is 2. The minimum Gasteiger partial charge on any atom is -0.459 e. The molecule has 1 aromatic rings. The summed E-state index contributed by atoms with van der Waals surface area (Å²) >= 11 is 0. The minimum atomic E-state index is -1.39. The number of nitrogens with one attached hydrogen (secondary N) is 5. The number of carbonyl (C=O) groups is 6. The summed E-state index contributed by atoms with van der Waals surface area (Å²) in [6.45, 7) is 13.8. The molecule has 43 heavy (non-hydrogen) atoms. The van der Waals surface area contributed by atoms with Crippen molar-refractivity contribution in [3.63, 3.8) is 0 Å². The Morgan fingerprint density at radius 1 is 0.674 bits per heavy atom. The molecule has 0 unspecified atom stereocenters. The van der Waals surface area contributed by atoms with Gasteiger partial charge in [0.15, 0.2) is 0 Å². The molecule has 5 N–H and O–H groups in total. The van der Waals surface area contributed by atoms with Crippen molar-refractivity contribution in [3.05, 3.63) is 35.9 Å². The van der Waals surface area contributed by atoms with Crippen LogP contribution >= 0.6 is 0 Å². The Bertz CT molecular complexity index is 1150. The van der Waals surface area contributed by atoms with Crippen molar-refractivity contribution in [3.8, 4) is 0 Å². The number of rotatable bonds is 14. The van der Waals surface area contributed by atoms with Gasteiger partial charge in [-0.25, -0.2) is 4.79 Å². The van der Waals surface area contributed by atoms with Gasteiger partial charge in [0.1, 0.15) is 29.8 Å². The first kappa shape index (κ1) is 36.9. The lowest BCUT2D eigenvalue weighted by molar-refractivity contribution is -0.155. The molecule has 2 atom stereocenters. The Hall–Kier alpha value is -4.16. The monoisotopic (exact) mass is 605 g/mol. The minimum absolute atomic E-state index is 0.0220. The molecular weight excluding hydrogens is 558 g/mol. The molecule has 240 valence electrons. The van der Waals surface area contributed by atoms with Gasteiger partial charge in [-0.05, 0) is 52.0 Å². The van der Waals surface area contributed by atoms with Crippen LogP contribution in [0.4, 0.5) is 4.79 Å². The predicted molar refractivity (Wildman–Crippen MR) is 159 cm³/mol. The molecule has 1 aromatic carbocycles. The maximum Gasteiger partial charge on any atom is 0.408 e. The molecular formula is C30H47N5O8. The molecule has 0 spiro atoms. The van der Waals surface area contributed by atoms with Crippen molar-refractivity contribution in [1.29, 1.82) is 0 Å². The maximum atomic E-state index is 13.0. The van der Waals surface area contributed by atoms with E-state index >= 15 is 0 Å². The highest BCUT2D eigenvalue weighted by Crippen LogP contribution is 2.18. The largest absolute Gasteiger partial charge is 0.459 e. The third-order valence-corrected chi connectivity index (χ3v) is 6.90. The van der Waals surface area contributed by atoms with E-state index in [1.807, 2.05) is 18.2 Å². The van der Waals surface area contributed by atoms with Gasteiger partial charge < -0.3 is 36.1 Å². The smallest absolute Gasteiger partial charge is 0.408 e. The number of amides is 5. The van der Waals surface area contributed by atoms with Crippen LogP contribution in [0.25, 0.3) is 0 Å². The number of esters is 1. The van der Waals surface area contributed by atoms with Crippen LogP contribution in [-0.4, -0.2) is 72.0 Å². The van der Waals surface area contributed by atoms with Gasteiger partial charge in [-0.2, -0.15) is 0 Å². The van der Waals surface area contributed by atoms with Crippen molar-refractivity contribution >= 4 is 35.7 Å². The number of carbonyl (C=O) groups excluding carboxylic acids is 6. The molecule has 13 heteroatoms. The Morgan fingerprint density at radius 3 is 1.67 bits per heavy atom. The Morgan fingerprint density at radius 2 is 1.16 bits per heavy atom. The van der Waals surface area contributed by atoms with E-state index in [4.69, 9.17) is 9.47 Å². The zero-order chi connectivity index (χ0) is 33.0. The molecule has 0 saturated carbocycles. The summed E-state index contributed by atoms with van der Waals surface area (Å²) in [4.78, 5) is 75.2. The summed E-state index contributed by atoms with van der Waals surface area (Å²) in [7, 11) is 0. The van der Waals surface area contributed by atoms with Gasteiger partial charge in [-0.3, -0.25) is 24.0 Å². The fourth-order valence-corrected chi connectivity index (χ4v) is 3.53. The lowest BCUT2D eigenvalue weighted by atomic mass is 9.87. The summed E-state index contributed by atoms with van der Waals surface area (Å²) in [5.41, 5.74) is -2.72. The summed E-state index contributed by atoms with van der Waals surface area (Å²) in [5.74, 6) is -3.89. The van der Waals surface area contributed by atoms with E-state index in [0.29, 0.717) is 0 Å². The average Bonchev–Trinajstić information content (AvgIpc) is 2.91. The van der Waals surface area contributed by atoms with E-state index in [1.165, 1.54) is 13.8 Å². The molecule has 1 rings (SSSR count). The van der Waals surface area contributed by atoms with E-state index in [9.17, 15) is 28.8 Å². The van der Waals surface area contributed by atoms with Crippen molar-refractivity contribution in [2.24, 2.45) is 11.8 Å². The van der Waals surface area contributed by atoms with Crippen LogP contribution in [0, 0.1) is 11.8 Å². The van der Waals surface area contributed by atoms with Crippen molar-refractivity contribution < 1.29 is 38.2 Å². The molecule has 0 saturated heterocycles. The van der Waals surface area contributed by atoms with Gasteiger partial charge in [0, 0.05) is 0 Å². The van der Waals surface area contributed by atoms with Crippen LogP contribution in [0.5, 0.6) is 0 Å². The third kappa shape index (κ3) is 12.3. The Kier molecular flexibility index (Phi) is 13.6. The van der Waals surface area contributed by atoms with E-state index in [0.717, 1.165) is 5.56 Å². The Balaban J connectivity index is 2.63. The lowest BCUT2D eigenvalue weighted by Crippen LogP contribution is -2.62. The zero-order valence-electron chi connectivity index (χ0n) is 26.6. The van der Waals surface area contributed by atoms with Gasteiger partial charge in [-0.15, -0.1) is 0 Å². The molecule has 0 heterocycles. The first-order chi connectivity index (χ1) is 19.8. The third-order valence-electron chi connectivity index (χ3n) is 6.90.